The van der Waals surface area contributed by atoms with Crippen LogP contribution in [0.4, 0.5) is 27.6 Å². The van der Waals surface area contributed by atoms with Gasteiger partial charge >= 0.3 is 0 Å². The first-order chi connectivity index (χ1) is 13.7. The van der Waals surface area contributed by atoms with Crippen molar-refractivity contribution >= 4 is 11.9 Å². The SMILES string of the molecule is CC1C(C)C(C)C(c2ccccc2/C=N/Nc2c(F)c(F)c(F)c(F)c2F)C1C. The summed E-state index contributed by atoms with van der Waals surface area (Å²) in [5.74, 6) is -7.94. The lowest BCUT2D eigenvalue weighted by molar-refractivity contribution is 0.352. The molecule has 3 rings (SSSR count). The van der Waals surface area contributed by atoms with Crippen LogP contribution >= 0.6 is 0 Å². The van der Waals surface area contributed by atoms with E-state index >= 15 is 0 Å². The Morgan fingerprint density at radius 3 is 1.76 bits per heavy atom. The quantitative estimate of drug-likeness (QED) is 0.202. The normalized spacial score (nSPS) is 27.0. The van der Waals surface area contributed by atoms with Crippen molar-refractivity contribution < 1.29 is 22.0 Å². The van der Waals surface area contributed by atoms with Gasteiger partial charge in [-0.15, -0.1) is 0 Å². The number of hydrazone groups is 1. The second kappa shape index (κ2) is 8.13. The molecule has 4 unspecified atom stereocenters. The van der Waals surface area contributed by atoms with Crippen LogP contribution in [-0.4, -0.2) is 6.21 Å². The minimum absolute atomic E-state index is 0.275. The van der Waals surface area contributed by atoms with E-state index in [4.69, 9.17) is 0 Å². The summed E-state index contributed by atoms with van der Waals surface area (Å²) in [6.07, 6.45) is 1.35. The van der Waals surface area contributed by atoms with Crippen LogP contribution < -0.4 is 5.43 Å². The average Bonchev–Trinajstić information content (AvgIpc) is 2.90. The van der Waals surface area contributed by atoms with E-state index in [1.165, 1.54) is 6.21 Å². The second-order valence-electron chi connectivity index (χ2n) is 7.91. The molecule has 1 aliphatic rings. The Morgan fingerprint density at radius 2 is 1.21 bits per heavy atom. The third-order valence-electron chi connectivity index (χ3n) is 6.57. The Kier molecular flexibility index (Phi) is 5.96. The van der Waals surface area contributed by atoms with E-state index in [-0.39, 0.29) is 5.92 Å². The van der Waals surface area contributed by atoms with Crippen LogP contribution in [0.5, 0.6) is 0 Å². The fraction of sp³-hybridized carbons (Fsp3) is 0.409. The molecular formula is C22H23F5N2. The van der Waals surface area contributed by atoms with Crippen LogP contribution in [0, 0.1) is 52.8 Å². The molecule has 156 valence electrons. The van der Waals surface area contributed by atoms with E-state index in [2.05, 4.69) is 32.8 Å². The highest BCUT2D eigenvalue weighted by atomic mass is 19.2. The zero-order valence-electron chi connectivity index (χ0n) is 16.6. The number of hydrogen-bond donors (Lipinski definition) is 1. The molecule has 0 amide bonds. The topological polar surface area (TPSA) is 24.4 Å². The van der Waals surface area contributed by atoms with Crippen LogP contribution in [0.1, 0.15) is 44.7 Å². The van der Waals surface area contributed by atoms with E-state index in [0.717, 1.165) is 11.1 Å². The van der Waals surface area contributed by atoms with Gasteiger partial charge in [0.25, 0.3) is 0 Å². The molecule has 1 saturated carbocycles. The molecule has 2 aromatic rings. The predicted octanol–water partition coefficient (Wildman–Crippen LogP) is 6.47. The summed E-state index contributed by atoms with van der Waals surface area (Å²) in [6.45, 7) is 8.87. The highest BCUT2D eigenvalue weighted by Gasteiger charge is 2.42. The Morgan fingerprint density at radius 1 is 0.724 bits per heavy atom. The monoisotopic (exact) mass is 410 g/mol. The maximum Gasteiger partial charge on any atom is 0.200 e. The van der Waals surface area contributed by atoms with Crippen molar-refractivity contribution in [1.29, 1.82) is 0 Å². The lowest BCUT2D eigenvalue weighted by atomic mass is 9.81. The van der Waals surface area contributed by atoms with Crippen LogP contribution in [0.15, 0.2) is 29.4 Å². The zero-order chi connectivity index (χ0) is 21.5. The molecule has 1 aliphatic carbocycles. The largest absolute Gasteiger partial charge is 0.272 e. The Balaban J connectivity index is 1.91. The van der Waals surface area contributed by atoms with E-state index in [0.29, 0.717) is 23.7 Å². The first-order valence-electron chi connectivity index (χ1n) is 9.56. The van der Waals surface area contributed by atoms with Crippen LogP contribution in [0.25, 0.3) is 0 Å². The van der Waals surface area contributed by atoms with Gasteiger partial charge in [-0.25, -0.2) is 22.0 Å². The molecule has 0 aliphatic heterocycles. The summed E-state index contributed by atoms with van der Waals surface area (Å²) in [5, 5.41) is 3.75. The summed E-state index contributed by atoms with van der Waals surface area (Å²) in [4.78, 5) is 0. The van der Waals surface area contributed by atoms with E-state index in [9.17, 15) is 22.0 Å². The van der Waals surface area contributed by atoms with Gasteiger partial charge in [0.05, 0.1) is 6.21 Å². The number of halogens is 5. The van der Waals surface area contributed by atoms with Gasteiger partial charge < -0.3 is 0 Å². The van der Waals surface area contributed by atoms with Gasteiger partial charge in [0.2, 0.25) is 5.82 Å². The zero-order valence-corrected chi connectivity index (χ0v) is 16.6. The smallest absolute Gasteiger partial charge is 0.200 e. The fourth-order valence-corrected chi connectivity index (χ4v) is 4.46. The van der Waals surface area contributed by atoms with Crippen molar-refractivity contribution in [3.05, 3.63) is 64.5 Å². The van der Waals surface area contributed by atoms with E-state index in [1.54, 1.807) is 6.07 Å². The Bertz CT molecular complexity index is 900. The lowest BCUT2D eigenvalue weighted by Crippen LogP contribution is -2.13. The van der Waals surface area contributed by atoms with Gasteiger partial charge in [0.15, 0.2) is 23.3 Å². The molecule has 2 aromatic carbocycles. The number of hydrogen-bond acceptors (Lipinski definition) is 2. The average molecular weight is 410 g/mol. The molecule has 1 fully saturated rings. The maximum atomic E-state index is 13.8. The molecule has 0 radical (unpaired) electrons. The number of rotatable bonds is 4. The number of anilines is 1. The van der Waals surface area contributed by atoms with E-state index < -0.39 is 34.8 Å². The highest BCUT2D eigenvalue weighted by molar-refractivity contribution is 5.82. The number of nitrogens with one attached hydrogen (secondary N) is 1. The van der Waals surface area contributed by atoms with Gasteiger partial charge in [0, 0.05) is 0 Å². The molecule has 0 heterocycles. The standard InChI is InChI=1S/C22H23F5N2/c1-10-11(2)13(4)16(12(10)3)15-8-6-5-7-14(15)9-28-29-22-20(26)18(24)17(23)19(25)21(22)27/h5-13,16,29H,1-4H3/b28-9+. The molecule has 1 N–H and O–H groups in total. The summed E-state index contributed by atoms with van der Waals surface area (Å²) in [7, 11) is 0. The molecule has 0 saturated heterocycles. The number of benzene rings is 2. The van der Waals surface area contributed by atoms with Crippen LogP contribution in [0.3, 0.4) is 0 Å². The minimum Gasteiger partial charge on any atom is -0.272 e. The third kappa shape index (κ3) is 3.63. The first kappa shape index (κ1) is 21.3. The van der Waals surface area contributed by atoms with Gasteiger partial charge in [-0.05, 0) is 40.7 Å². The van der Waals surface area contributed by atoms with Gasteiger partial charge in [-0.3, -0.25) is 5.43 Å². The van der Waals surface area contributed by atoms with Crippen LogP contribution in [0.2, 0.25) is 0 Å². The van der Waals surface area contributed by atoms with Crippen molar-refractivity contribution in [2.75, 3.05) is 5.43 Å². The van der Waals surface area contributed by atoms with Gasteiger partial charge in [0.1, 0.15) is 5.69 Å². The predicted molar refractivity (Wildman–Crippen MR) is 103 cm³/mol. The lowest BCUT2D eigenvalue weighted by Gasteiger charge is -2.23. The third-order valence-corrected chi connectivity index (χ3v) is 6.57. The molecule has 7 heteroatoms. The molecule has 29 heavy (non-hydrogen) atoms. The van der Waals surface area contributed by atoms with Crippen molar-refractivity contribution in [3.8, 4) is 0 Å². The van der Waals surface area contributed by atoms with Crippen LogP contribution in [-0.2, 0) is 0 Å². The van der Waals surface area contributed by atoms with Gasteiger partial charge in [-0.2, -0.15) is 5.10 Å². The van der Waals surface area contributed by atoms with Crippen molar-refractivity contribution in [3.63, 3.8) is 0 Å². The molecule has 4 atom stereocenters. The molecular weight excluding hydrogens is 387 g/mol. The van der Waals surface area contributed by atoms with E-state index in [1.807, 2.05) is 23.6 Å². The van der Waals surface area contributed by atoms with Crippen molar-refractivity contribution in [1.82, 2.24) is 0 Å². The number of nitrogens with zero attached hydrogens (tertiary/aromatic N) is 1. The van der Waals surface area contributed by atoms with Crippen molar-refractivity contribution in [2.45, 2.75) is 33.6 Å². The first-order valence-corrected chi connectivity index (χ1v) is 9.56. The summed E-state index contributed by atoms with van der Waals surface area (Å²) in [6, 6.07) is 7.52. The molecule has 0 spiro atoms. The summed E-state index contributed by atoms with van der Waals surface area (Å²) >= 11 is 0. The van der Waals surface area contributed by atoms with Gasteiger partial charge in [-0.1, -0.05) is 52.0 Å². The molecule has 0 aromatic heterocycles. The Labute approximate surface area is 166 Å². The maximum absolute atomic E-state index is 13.8. The Hall–Kier alpha value is -2.44. The highest BCUT2D eigenvalue weighted by Crippen LogP contribution is 2.51. The molecule has 0 bridgehead atoms. The molecule has 2 nitrogen and oxygen atoms in total. The second-order valence-corrected chi connectivity index (χ2v) is 7.91. The van der Waals surface area contributed by atoms with Crippen molar-refractivity contribution in [2.24, 2.45) is 28.8 Å². The minimum atomic E-state index is -2.20. The summed E-state index contributed by atoms with van der Waals surface area (Å²) < 4.78 is 67.4. The summed E-state index contributed by atoms with van der Waals surface area (Å²) in [5.41, 5.74) is 2.57. The fourth-order valence-electron chi connectivity index (χ4n) is 4.46.